The van der Waals surface area contributed by atoms with Gasteiger partial charge >= 0.3 is 11.9 Å². The molecule has 1 fully saturated rings. The molecule has 2 aromatic carbocycles. The smallest absolute Gasteiger partial charge is 0.366 e. The van der Waals surface area contributed by atoms with Crippen LogP contribution in [0.2, 0.25) is 0 Å². The molecule has 0 aromatic heterocycles. The standard InChI is InChI=1S/C21H21FN4O5/c1-12-4-2-3-9-25(12)17-8-6-14(11-18(17)26(30)31)20(27)24-19(23)13-5-7-15(21(28)29)16(22)10-13/h5-8,10-12H,2-4,9H2,1H3,(H,28,29)(H2,23,24,27)/p+1. The molecule has 2 aromatic rings. The van der Waals surface area contributed by atoms with Crippen molar-refractivity contribution in [2.24, 2.45) is 4.99 Å². The number of hydrogen-bond donors (Lipinski definition) is 2. The van der Waals surface area contributed by atoms with Gasteiger partial charge in [0.1, 0.15) is 11.5 Å². The number of carboxylic acid groups (broad SMARTS) is 1. The number of nitro groups is 1. The van der Waals surface area contributed by atoms with Crippen LogP contribution in [-0.4, -0.2) is 45.4 Å². The van der Waals surface area contributed by atoms with Gasteiger partial charge in [0.2, 0.25) is 0 Å². The average molecular weight is 429 g/mol. The molecule has 31 heavy (non-hydrogen) atoms. The van der Waals surface area contributed by atoms with Crippen molar-refractivity contribution in [2.75, 3.05) is 11.4 Å². The number of carbonyl (C=O) groups is 1. The van der Waals surface area contributed by atoms with Crippen molar-refractivity contribution in [1.82, 2.24) is 0 Å². The Labute approximate surface area is 177 Å². The van der Waals surface area contributed by atoms with Gasteiger partial charge in [-0.25, -0.2) is 9.18 Å². The van der Waals surface area contributed by atoms with Crippen LogP contribution in [0.15, 0.2) is 41.4 Å². The van der Waals surface area contributed by atoms with Gasteiger partial charge in [-0.1, -0.05) is 6.07 Å². The number of aliphatic imine (C=N–C) groups is 1. The fourth-order valence-corrected chi connectivity index (χ4v) is 3.59. The summed E-state index contributed by atoms with van der Waals surface area (Å²) >= 11 is 0. The van der Waals surface area contributed by atoms with Gasteiger partial charge < -0.3 is 15.1 Å². The predicted molar refractivity (Wildman–Crippen MR) is 114 cm³/mol. The van der Waals surface area contributed by atoms with Crippen LogP contribution in [0, 0.1) is 21.3 Å². The molecule has 0 bridgehead atoms. The first-order valence-electron chi connectivity index (χ1n) is 9.66. The first-order valence-corrected chi connectivity index (χ1v) is 9.66. The van der Waals surface area contributed by atoms with Crippen molar-refractivity contribution in [2.45, 2.75) is 32.2 Å². The van der Waals surface area contributed by atoms with Gasteiger partial charge in [0.15, 0.2) is 5.84 Å². The number of amidine groups is 1. The van der Waals surface area contributed by atoms with Crippen molar-refractivity contribution >= 4 is 29.1 Å². The molecule has 1 aliphatic rings. The van der Waals surface area contributed by atoms with E-state index in [1.807, 2.05) is 11.8 Å². The Morgan fingerprint density at radius 2 is 2.00 bits per heavy atom. The third kappa shape index (κ3) is 4.68. The normalized spacial score (nSPS) is 16.8. The number of halogens is 1. The van der Waals surface area contributed by atoms with Crippen molar-refractivity contribution in [1.29, 1.82) is 5.41 Å². The van der Waals surface area contributed by atoms with Crippen LogP contribution in [0.3, 0.4) is 0 Å². The van der Waals surface area contributed by atoms with Crippen LogP contribution in [0.25, 0.3) is 0 Å². The Balaban J connectivity index is 1.91. The van der Waals surface area contributed by atoms with Crippen LogP contribution >= 0.6 is 0 Å². The molecule has 9 nitrogen and oxygen atoms in total. The fraction of sp³-hybridized carbons (Fsp3) is 0.286. The van der Waals surface area contributed by atoms with E-state index in [2.05, 4.69) is 4.99 Å². The summed E-state index contributed by atoms with van der Waals surface area (Å²) in [6.07, 6.45) is 2.96. The number of piperidine rings is 1. The van der Waals surface area contributed by atoms with E-state index in [1.165, 1.54) is 18.2 Å². The van der Waals surface area contributed by atoms with Crippen molar-refractivity contribution < 1.29 is 24.3 Å². The average Bonchev–Trinajstić information content (AvgIpc) is 2.73. The third-order valence-electron chi connectivity index (χ3n) is 5.25. The zero-order valence-corrected chi connectivity index (χ0v) is 16.8. The molecular weight excluding hydrogens is 407 g/mol. The molecule has 1 atom stereocenters. The quantitative estimate of drug-likeness (QED) is 0.246. The van der Waals surface area contributed by atoms with Crippen LogP contribution < -0.4 is 4.90 Å². The van der Waals surface area contributed by atoms with Gasteiger partial charge in [-0.2, -0.15) is 0 Å². The number of anilines is 1. The molecule has 4 N–H and O–H groups in total. The van der Waals surface area contributed by atoms with Crippen LogP contribution in [0.5, 0.6) is 0 Å². The first kappa shape index (κ1) is 21.9. The number of carboxylic acids is 1. The molecule has 0 aliphatic carbocycles. The number of nitro benzene ring substituents is 1. The second-order valence-corrected chi connectivity index (χ2v) is 7.31. The van der Waals surface area contributed by atoms with E-state index in [0.717, 1.165) is 31.4 Å². The highest BCUT2D eigenvalue weighted by Crippen LogP contribution is 2.33. The molecule has 1 heterocycles. The topological polar surface area (TPSA) is 143 Å². The molecule has 1 aliphatic heterocycles. The minimum absolute atomic E-state index is 0.0134. The zero-order valence-electron chi connectivity index (χ0n) is 16.8. The summed E-state index contributed by atoms with van der Waals surface area (Å²) in [7, 11) is 0. The molecule has 3 rings (SSSR count). The van der Waals surface area contributed by atoms with Crippen LogP contribution in [-0.2, 0) is 0 Å². The van der Waals surface area contributed by atoms with Crippen LogP contribution in [0.1, 0.15) is 47.7 Å². The highest BCUT2D eigenvalue weighted by Gasteiger charge is 2.27. The number of hydrogen-bond acceptors (Lipinski definition) is 5. The summed E-state index contributed by atoms with van der Waals surface area (Å²) in [6.45, 7) is 2.73. The van der Waals surface area contributed by atoms with E-state index >= 15 is 0 Å². The van der Waals surface area contributed by atoms with Gasteiger partial charge in [0.25, 0.3) is 5.69 Å². The molecule has 1 saturated heterocycles. The van der Waals surface area contributed by atoms with E-state index < -0.39 is 34.0 Å². The Bertz CT molecular complexity index is 1090. The molecule has 10 heteroatoms. The fourth-order valence-electron chi connectivity index (χ4n) is 3.59. The second kappa shape index (κ2) is 8.90. The Hall–Kier alpha value is -3.82. The van der Waals surface area contributed by atoms with E-state index in [0.29, 0.717) is 12.2 Å². The minimum Gasteiger partial charge on any atom is -0.578 e. The SMILES string of the molecule is CC1CCCCN1c1ccc(C([OH2+])=NC(=N)c2ccc(C(=O)O)c(F)c2)cc1[N+](=O)[O-]. The van der Waals surface area contributed by atoms with Gasteiger partial charge in [0.05, 0.1) is 16.1 Å². The molecule has 0 saturated carbocycles. The van der Waals surface area contributed by atoms with E-state index in [1.54, 1.807) is 6.07 Å². The Morgan fingerprint density at radius 3 is 2.61 bits per heavy atom. The lowest BCUT2D eigenvalue weighted by Crippen LogP contribution is -2.37. The van der Waals surface area contributed by atoms with Gasteiger partial charge in [-0.3, -0.25) is 15.5 Å². The summed E-state index contributed by atoms with van der Waals surface area (Å²) in [4.78, 5) is 27.9. The first-order chi connectivity index (χ1) is 14.7. The lowest BCUT2D eigenvalue weighted by Gasteiger charge is -2.34. The molecular formula is C21H22FN4O5+. The summed E-state index contributed by atoms with van der Waals surface area (Å²) in [5.74, 6) is -3.31. The van der Waals surface area contributed by atoms with Gasteiger partial charge in [-0.05, 0) is 50.5 Å². The molecule has 0 amide bonds. The summed E-state index contributed by atoms with van der Waals surface area (Å²) in [5, 5.41) is 36.7. The van der Waals surface area contributed by atoms with Crippen molar-refractivity contribution in [3.05, 3.63) is 69.0 Å². The maximum absolute atomic E-state index is 13.9. The van der Waals surface area contributed by atoms with E-state index in [4.69, 9.17) is 15.6 Å². The second-order valence-electron chi connectivity index (χ2n) is 7.31. The molecule has 0 spiro atoms. The summed E-state index contributed by atoms with van der Waals surface area (Å²) < 4.78 is 13.9. The summed E-state index contributed by atoms with van der Waals surface area (Å²) in [6, 6.07) is 7.63. The molecule has 1 unspecified atom stereocenters. The van der Waals surface area contributed by atoms with Gasteiger partial charge in [0, 0.05) is 24.2 Å². The Morgan fingerprint density at radius 1 is 1.29 bits per heavy atom. The van der Waals surface area contributed by atoms with E-state index in [9.17, 15) is 19.3 Å². The largest absolute Gasteiger partial charge is 0.578 e. The maximum Gasteiger partial charge on any atom is 0.366 e. The molecule has 0 radical (unpaired) electrons. The minimum atomic E-state index is -1.43. The number of rotatable bonds is 5. The molecule has 162 valence electrons. The van der Waals surface area contributed by atoms with Crippen LogP contribution in [0.4, 0.5) is 15.8 Å². The number of benzene rings is 2. The highest BCUT2D eigenvalue weighted by molar-refractivity contribution is 6.08. The van der Waals surface area contributed by atoms with E-state index in [-0.39, 0.29) is 22.9 Å². The van der Waals surface area contributed by atoms with Crippen molar-refractivity contribution in [3.8, 4) is 0 Å². The highest BCUT2D eigenvalue weighted by atomic mass is 19.1. The number of aromatic carboxylic acids is 1. The summed E-state index contributed by atoms with van der Waals surface area (Å²) in [5.41, 5.74) is -0.0671. The lowest BCUT2D eigenvalue weighted by atomic mass is 10.0. The van der Waals surface area contributed by atoms with Crippen molar-refractivity contribution in [3.63, 3.8) is 0 Å². The lowest BCUT2D eigenvalue weighted by molar-refractivity contribution is -0.384. The monoisotopic (exact) mass is 429 g/mol. The zero-order chi connectivity index (χ0) is 22.7. The third-order valence-corrected chi connectivity index (χ3v) is 5.25. The number of nitrogens with one attached hydrogen (secondary N) is 1. The Kier molecular flexibility index (Phi) is 6.28. The maximum atomic E-state index is 13.9. The predicted octanol–water partition coefficient (Wildman–Crippen LogP) is 3.31. The number of nitrogens with zero attached hydrogens (tertiary/aromatic N) is 3. The van der Waals surface area contributed by atoms with Gasteiger partial charge in [-0.15, -0.1) is 4.99 Å².